The minimum Gasteiger partial charge on any atom is -0.505 e. The predicted octanol–water partition coefficient (Wildman–Crippen LogP) is 1.93. The van der Waals surface area contributed by atoms with Crippen LogP contribution >= 0.6 is 11.6 Å². The number of phenols is 1. The number of ketones is 1. The van der Waals surface area contributed by atoms with Crippen molar-refractivity contribution in [2.75, 3.05) is 6.61 Å². The molecule has 0 heterocycles. The van der Waals surface area contributed by atoms with E-state index in [0.717, 1.165) is 12.1 Å². The summed E-state index contributed by atoms with van der Waals surface area (Å²) < 4.78 is 17.6. The van der Waals surface area contributed by atoms with Crippen molar-refractivity contribution in [2.45, 2.75) is 6.92 Å². The van der Waals surface area contributed by atoms with Gasteiger partial charge >= 0.3 is 5.97 Å². The van der Waals surface area contributed by atoms with Gasteiger partial charge in [-0.3, -0.25) is 4.79 Å². The lowest BCUT2D eigenvalue weighted by Crippen LogP contribution is -2.19. The second kappa shape index (κ2) is 4.94. The Hall–Kier alpha value is -1.62. The molecular weight excluding hydrogens is 239 g/mol. The van der Waals surface area contributed by atoms with Crippen LogP contribution in [0.2, 0.25) is 5.02 Å². The molecule has 4 nitrogen and oxygen atoms in total. The molecule has 0 aliphatic carbocycles. The molecule has 1 N–H and O–H groups in total. The van der Waals surface area contributed by atoms with Gasteiger partial charge in [-0.2, -0.15) is 0 Å². The summed E-state index contributed by atoms with van der Waals surface area (Å²) in [6.45, 7) is 1.48. The monoisotopic (exact) mass is 246 g/mol. The number of esters is 1. The van der Waals surface area contributed by atoms with E-state index in [2.05, 4.69) is 4.74 Å². The third kappa shape index (κ3) is 2.30. The van der Waals surface area contributed by atoms with E-state index in [1.807, 2.05) is 0 Å². The number of halogens is 2. The van der Waals surface area contributed by atoms with Crippen LogP contribution in [0, 0.1) is 5.82 Å². The standard InChI is InChI=1S/C10H8ClFO4/c1-2-16-10(15)9(14)7-6(12)4-3-5(11)8(7)13/h3-4,13H,2H2,1H3. The fraction of sp³-hybridized carbons (Fsp3) is 0.200. The second-order valence-corrected chi connectivity index (χ2v) is 3.21. The highest BCUT2D eigenvalue weighted by atomic mass is 35.5. The molecule has 0 unspecified atom stereocenters. The van der Waals surface area contributed by atoms with Gasteiger partial charge < -0.3 is 9.84 Å². The van der Waals surface area contributed by atoms with Gasteiger partial charge in [0.2, 0.25) is 0 Å². The number of Topliss-reactive ketones (excluding diaryl/α,β-unsaturated/α-hetero) is 1. The highest BCUT2D eigenvalue weighted by molar-refractivity contribution is 6.42. The van der Waals surface area contributed by atoms with Gasteiger partial charge in [0.1, 0.15) is 17.1 Å². The molecule has 0 fully saturated rings. The number of rotatable bonds is 3. The summed E-state index contributed by atoms with van der Waals surface area (Å²) in [6.07, 6.45) is 0. The van der Waals surface area contributed by atoms with Crippen LogP contribution in [0.3, 0.4) is 0 Å². The van der Waals surface area contributed by atoms with Crippen molar-refractivity contribution in [3.8, 4) is 5.75 Å². The quantitative estimate of drug-likeness (QED) is 0.503. The van der Waals surface area contributed by atoms with Gasteiger partial charge in [-0.05, 0) is 19.1 Å². The number of benzene rings is 1. The Kier molecular flexibility index (Phi) is 3.84. The maximum absolute atomic E-state index is 13.2. The van der Waals surface area contributed by atoms with Crippen molar-refractivity contribution in [3.63, 3.8) is 0 Å². The molecule has 1 aromatic carbocycles. The largest absolute Gasteiger partial charge is 0.505 e. The maximum atomic E-state index is 13.2. The molecule has 6 heteroatoms. The molecule has 0 saturated heterocycles. The Bertz CT molecular complexity index is 445. The molecule has 0 aromatic heterocycles. The van der Waals surface area contributed by atoms with Crippen LogP contribution in [0.15, 0.2) is 12.1 Å². The molecule has 1 aromatic rings. The van der Waals surface area contributed by atoms with E-state index in [9.17, 15) is 19.1 Å². The molecule has 0 aliphatic rings. The van der Waals surface area contributed by atoms with Crippen LogP contribution in [-0.4, -0.2) is 23.5 Å². The lowest BCUT2D eigenvalue weighted by atomic mass is 10.1. The topological polar surface area (TPSA) is 63.6 Å². The molecular formula is C10H8ClFO4. The third-order valence-corrected chi connectivity index (χ3v) is 2.07. The fourth-order valence-electron chi connectivity index (χ4n) is 1.06. The van der Waals surface area contributed by atoms with E-state index >= 15 is 0 Å². The Labute approximate surface area is 95.6 Å². The van der Waals surface area contributed by atoms with E-state index in [1.54, 1.807) is 0 Å². The smallest absolute Gasteiger partial charge is 0.379 e. The first-order chi connectivity index (χ1) is 7.49. The van der Waals surface area contributed by atoms with Crippen LogP contribution in [0.1, 0.15) is 17.3 Å². The number of aromatic hydroxyl groups is 1. The Morgan fingerprint density at radius 1 is 1.50 bits per heavy atom. The van der Waals surface area contributed by atoms with Crippen LogP contribution < -0.4 is 0 Å². The lowest BCUT2D eigenvalue weighted by Gasteiger charge is -2.05. The zero-order chi connectivity index (χ0) is 12.3. The number of carbonyl (C=O) groups excluding carboxylic acids is 2. The minimum absolute atomic E-state index is 0.0203. The summed E-state index contributed by atoms with van der Waals surface area (Å²) in [4.78, 5) is 22.5. The first-order valence-corrected chi connectivity index (χ1v) is 4.75. The summed E-state index contributed by atoms with van der Waals surface area (Å²) in [5, 5.41) is 9.15. The first kappa shape index (κ1) is 12.4. The lowest BCUT2D eigenvalue weighted by molar-refractivity contribution is -0.137. The number of carbonyl (C=O) groups is 2. The van der Waals surface area contributed by atoms with Gasteiger partial charge in [-0.25, -0.2) is 9.18 Å². The molecule has 0 spiro atoms. The van der Waals surface area contributed by atoms with Crippen molar-refractivity contribution in [1.82, 2.24) is 0 Å². The molecule has 0 amide bonds. The summed E-state index contributed by atoms with van der Waals surface area (Å²) in [5.41, 5.74) is -0.772. The van der Waals surface area contributed by atoms with Crippen LogP contribution in [0.4, 0.5) is 4.39 Å². The van der Waals surface area contributed by atoms with E-state index in [4.69, 9.17) is 11.6 Å². The number of ether oxygens (including phenoxy) is 1. The molecule has 0 bridgehead atoms. The number of hydrogen-bond acceptors (Lipinski definition) is 4. The number of hydrogen-bond donors (Lipinski definition) is 1. The highest BCUT2D eigenvalue weighted by Crippen LogP contribution is 2.29. The summed E-state index contributed by atoms with van der Waals surface area (Å²) >= 11 is 5.49. The van der Waals surface area contributed by atoms with E-state index in [0.29, 0.717) is 0 Å². The van der Waals surface area contributed by atoms with Crippen molar-refractivity contribution >= 4 is 23.4 Å². The number of phenolic OH excluding ortho intramolecular Hbond substituents is 1. The SMILES string of the molecule is CCOC(=O)C(=O)c1c(F)ccc(Cl)c1O. The van der Waals surface area contributed by atoms with E-state index in [1.165, 1.54) is 6.92 Å². The predicted molar refractivity (Wildman–Crippen MR) is 54.0 cm³/mol. The molecule has 0 aliphatic heterocycles. The van der Waals surface area contributed by atoms with Crippen molar-refractivity contribution in [1.29, 1.82) is 0 Å². The van der Waals surface area contributed by atoms with E-state index < -0.39 is 28.9 Å². The van der Waals surface area contributed by atoms with Crippen molar-refractivity contribution in [3.05, 3.63) is 28.5 Å². The average Bonchev–Trinajstić information content (AvgIpc) is 2.24. The fourth-order valence-corrected chi connectivity index (χ4v) is 1.21. The molecule has 0 atom stereocenters. The van der Waals surface area contributed by atoms with Gasteiger partial charge in [-0.15, -0.1) is 0 Å². The molecule has 0 radical (unpaired) electrons. The molecule has 16 heavy (non-hydrogen) atoms. The van der Waals surface area contributed by atoms with Gasteiger partial charge in [0.15, 0.2) is 0 Å². The van der Waals surface area contributed by atoms with Crippen LogP contribution in [0.5, 0.6) is 5.75 Å². The maximum Gasteiger partial charge on any atom is 0.379 e. The highest BCUT2D eigenvalue weighted by Gasteiger charge is 2.26. The molecule has 1 rings (SSSR count). The zero-order valence-electron chi connectivity index (χ0n) is 8.29. The Morgan fingerprint density at radius 3 is 2.69 bits per heavy atom. The van der Waals surface area contributed by atoms with Crippen LogP contribution in [0.25, 0.3) is 0 Å². The van der Waals surface area contributed by atoms with Crippen LogP contribution in [-0.2, 0) is 9.53 Å². The molecule has 86 valence electrons. The Morgan fingerprint density at radius 2 is 2.12 bits per heavy atom. The van der Waals surface area contributed by atoms with Gasteiger partial charge in [0.05, 0.1) is 11.6 Å². The Balaban J connectivity index is 3.18. The first-order valence-electron chi connectivity index (χ1n) is 4.37. The van der Waals surface area contributed by atoms with Gasteiger partial charge in [0, 0.05) is 0 Å². The zero-order valence-corrected chi connectivity index (χ0v) is 9.05. The minimum atomic E-state index is -1.26. The normalized spacial score (nSPS) is 9.94. The average molecular weight is 247 g/mol. The summed E-state index contributed by atoms with van der Waals surface area (Å²) in [7, 11) is 0. The molecule has 0 saturated carbocycles. The second-order valence-electron chi connectivity index (χ2n) is 2.80. The van der Waals surface area contributed by atoms with E-state index in [-0.39, 0.29) is 11.6 Å². The van der Waals surface area contributed by atoms with Crippen molar-refractivity contribution in [2.24, 2.45) is 0 Å². The van der Waals surface area contributed by atoms with Gasteiger partial charge in [-0.1, -0.05) is 11.6 Å². The summed E-state index contributed by atoms with van der Waals surface area (Å²) in [6, 6.07) is 1.96. The summed E-state index contributed by atoms with van der Waals surface area (Å²) in [5.74, 6) is -4.29. The van der Waals surface area contributed by atoms with Gasteiger partial charge in [0.25, 0.3) is 5.78 Å². The van der Waals surface area contributed by atoms with Crippen molar-refractivity contribution < 1.29 is 23.8 Å². The third-order valence-electron chi connectivity index (χ3n) is 1.77.